The maximum atomic E-state index is 14.1. The number of piperazine rings is 1. The second-order valence-electron chi connectivity index (χ2n) is 21.8. The van der Waals surface area contributed by atoms with Gasteiger partial charge in [-0.1, -0.05) is 66.3 Å². The second-order valence-corrected chi connectivity index (χ2v) is 24.0. The maximum Gasteiger partial charge on any atom is 0.293 e. The fourth-order valence-electron chi connectivity index (χ4n) is 11.0. The number of allylic oxidation sites excluding steroid dienone is 1. The third-order valence-electron chi connectivity index (χ3n) is 15.5. The minimum absolute atomic E-state index is 0.00301. The summed E-state index contributed by atoms with van der Waals surface area (Å²) in [7, 11) is -4.69. The van der Waals surface area contributed by atoms with Crippen LogP contribution in [0.3, 0.4) is 0 Å². The van der Waals surface area contributed by atoms with Crippen molar-refractivity contribution in [1.82, 2.24) is 44.8 Å². The zero-order valence-corrected chi connectivity index (χ0v) is 47.6. The predicted molar refractivity (Wildman–Crippen MR) is 313 cm³/mol. The first kappa shape index (κ1) is 56.9. The quantitative estimate of drug-likeness (QED) is 0.0209. The summed E-state index contributed by atoms with van der Waals surface area (Å²) >= 11 is 6.26. The van der Waals surface area contributed by atoms with Gasteiger partial charge in [0.05, 0.1) is 47.5 Å². The van der Waals surface area contributed by atoms with Crippen LogP contribution in [0.4, 0.5) is 17.1 Å². The first-order chi connectivity index (χ1) is 40.4. The molecule has 1 unspecified atom stereocenters. The number of hydrogen-bond donors (Lipinski definition) is 4. The Kier molecular flexibility index (Phi) is 16.3. The monoisotopic (exact) mass is 1170 g/mol. The number of piperidine rings is 1. The fourth-order valence-corrected chi connectivity index (χ4v) is 12.1. The Morgan fingerprint density at radius 3 is 2.61 bits per heavy atom. The molecule has 4 N–H and O–H groups in total. The zero-order chi connectivity index (χ0) is 58.7. The molecule has 2 fully saturated rings. The van der Waals surface area contributed by atoms with Crippen LogP contribution in [0.2, 0.25) is 5.02 Å². The van der Waals surface area contributed by atoms with E-state index in [2.05, 4.69) is 83.3 Å². The van der Waals surface area contributed by atoms with Crippen molar-refractivity contribution in [1.29, 1.82) is 0 Å². The Bertz CT molecular complexity index is 3950. The fraction of sp³-hybridized carbons (Fsp3) is 0.317. The maximum absolute atomic E-state index is 14.1. The lowest BCUT2D eigenvalue weighted by molar-refractivity contribution is -0.384. The third kappa shape index (κ3) is 12.8. The van der Waals surface area contributed by atoms with Crippen molar-refractivity contribution in [2.45, 2.75) is 76.5 Å². The molecule has 3 aliphatic heterocycles. The molecule has 0 saturated carbocycles. The van der Waals surface area contributed by atoms with E-state index in [4.69, 9.17) is 21.1 Å². The molecule has 4 aromatic carbocycles. The largest absolute Gasteiger partial charge is 0.455 e. The molecule has 0 radical (unpaired) electrons. The number of hydrogen-bond acceptors (Lipinski definition) is 16. The number of imide groups is 1. The Morgan fingerprint density at radius 1 is 0.988 bits per heavy atom. The van der Waals surface area contributed by atoms with Gasteiger partial charge in [-0.3, -0.25) is 39.5 Å². The van der Waals surface area contributed by atoms with Gasteiger partial charge in [0, 0.05) is 91.2 Å². The average Bonchev–Trinajstić information content (AvgIpc) is 2.79. The van der Waals surface area contributed by atoms with Crippen LogP contribution < -0.4 is 25.0 Å². The Morgan fingerprint density at radius 2 is 1.81 bits per heavy atom. The van der Waals surface area contributed by atoms with Crippen LogP contribution in [0.25, 0.3) is 16.6 Å². The van der Waals surface area contributed by atoms with Crippen LogP contribution in [0.15, 0.2) is 120 Å². The van der Waals surface area contributed by atoms with E-state index in [0.29, 0.717) is 58.4 Å². The molecule has 0 spiro atoms. The number of benzene rings is 4. The number of amides is 4. The number of rotatable bonds is 18. The van der Waals surface area contributed by atoms with Crippen LogP contribution in [0, 0.1) is 27.4 Å². The summed E-state index contributed by atoms with van der Waals surface area (Å²) < 4.78 is 43.5. The number of carbonyl (C=O) groups excluding carboxylic acids is 4. The number of anilines is 2. The summed E-state index contributed by atoms with van der Waals surface area (Å²) in [5.74, 6) is 4.27. The van der Waals surface area contributed by atoms with Gasteiger partial charge in [-0.15, -0.1) is 5.10 Å². The van der Waals surface area contributed by atoms with Crippen molar-refractivity contribution in [3.05, 3.63) is 164 Å². The molecule has 84 heavy (non-hydrogen) atoms. The number of aromatic nitrogens is 5. The summed E-state index contributed by atoms with van der Waals surface area (Å²) in [5.41, 5.74) is 7.20. The van der Waals surface area contributed by atoms with Gasteiger partial charge < -0.3 is 29.6 Å². The van der Waals surface area contributed by atoms with Gasteiger partial charge in [-0.05, 0) is 108 Å². The van der Waals surface area contributed by atoms with Crippen LogP contribution in [-0.2, 0) is 44.0 Å². The third-order valence-corrected chi connectivity index (χ3v) is 17.1. The summed E-state index contributed by atoms with van der Waals surface area (Å²) in [6.45, 7) is 9.20. The van der Waals surface area contributed by atoms with Gasteiger partial charge in [-0.2, -0.15) is 0 Å². The molecule has 1 aliphatic carbocycles. The Balaban J connectivity index is 0.707. The van der Waals surface area contributed by atoms with Crippen molar-refractivity contribution >= 4 is 78.9 Å². The average molecular weight is 1180 g/mol. The number of ether oxygens (including phenoxy) is 2. The van der Waals surface area contributed by atoms with E-state index < -0.39 is 43.4 Å². The van der Waals surface area contributed by atoms with Crippen LogP contribution >= 0.6 is 11.6 Å². The predicted octanol–water partition coefficient (Wildman–Crippen LogP) is 7.85. The minimum Gasteiger partial charge on any atom is -0.455 e. The molecule has 7 aromatic rings. The van der Waals surface area contributed by atoms with Crippen molar-refractivity contribution < 1.29 is 42.0 Å². The number of nitro groups is 1. The molecular weight excluding hydrogens is 1120 g/mol. The van der Waals surface area contributed by atoms with Gasteiger partial charge >= 0.3 is 0 Å². The number of nitrogens with zero attached hydrogens (tertiary/aromatic N) is 8. The lowest BCUT2D eigenvalue weighted by Crippen LogP contribution is -2.52. The molecule has 24 heteroatoms. The Hall–Kier alpha value is -8.95. The van der Waals surface area contributed by atoms with Crippen molar-refractivity contribution in [2.24, 2.45) is 5.41 Å². The highest BCUT2D eigenvalue weighted by Crippen LogP contribution is 2.44. The number of halogens is 1. The highest BCUT2D eigenvalue weighted by molar-refractivity contribution is 7.90. The number of aromatic amines is 1. The molecule has 11 rings (SSSR count). The van der Waals surface area contributed by atoms with Gasteiger partial charge in [0.2, 0.25) is 11.8 Å². The summed E-state index contributed by atoms with van der Waals surface area (Å²) in [4.78, 5) is 76.2. The molecule has 3 aromatic heterocycles. The topological polar surface area (TPSA) is 269 Å². The molecule has 1 atom stereocenters. The van der Waals surface area contributed by atoms with E-state index in [1.165, 1.54) is 44.6 Å². The minimum atomic E-state index is -4.69. The van der Waals surface area contributed by atoms with Crippen molar-refractivity contribution in [3.8, 4) is 23.3 Å². The molecule has 4 amide bonds. The van der Waals surface area contributed by atoms with E-state index >= 15 is 0 Å². The normalized spacial score (nSPS) is 17.2. The van der Waals surface area contributed by atoms with E-state index in [1.807, 2.05) is 18.2 Å². The number of fused-ring (bicyclic) bond motifs is 2. The smallest absolute Gasteiger partial charge is 0.293 e. The molecule has 22 nitrogen and oxygen atoms in total. The lowest BCUT2D eigenvalue weighted by atomic mass is 9.72. The first-order valence-electron chi connectivity index (χ1n) is 27.4. The molecule has 2 saturated heterocycles. The standard InChI is InChI=1S/C60H59ClN12O10S/c1-60(2)20-18-41(49(32-60)39-8-10-42(61)11-9-39)35-69-22-24-70(25-23-69)44-12-14-48(54(30-44)83-45-29-40-19-21-62-56(40)64-34-45)57(75)67-84(80,81)46-13-15-51(53(31-46)73(78)79)63-33-43-36-71(68-66-43)26-28-82-27-4-6-38-5-3-7-47-50(38)37-72(59(47)77)52-16-17-55(74)65-58(52)76/h3,5,7-15,19,21,29-31,34,36,52,63H,16-18,20,22-28,32-33,35,37H2,1-2H3,(H,62,64)(H,67,75)(H,65,74,76). The highest BCUT2D eigenvalue weighted by Gasteiger charge is 2.40. The second kappa shape index (κ2) is 24.1. The zero-order valence-electron chi connectivity index (χ0n) is 46.0. The van der Waals surface area contributed by atoms with Crippen molar-refractivity contribution in [3.63, 3.8) is 0 Å². The van der Waals surface area contributed by atoms with Crippen molar-refractivity contribution in [2.75, 3.05) is 56.2 Å². The summed E-state index contributed by atoms with van der Waals surface area (Å²) in [6.07, 6.45) is 8.40. The van der Waals surface area contributed by atoms with Gasteiger partial charge in [0.15, 0.2) is 0 Å². The summed E-state index contributed by atoms with van der Waals surface area (Å²) in [5, 5.41) is 27.4. The number of sulfonamides is 1. The molecule has 6 heterocycles. The number of H-pyrrole nitrogens is 1. The van der Waals surface area contributed by atoms with Crippen LogP contribution in [0.1, 0.15) is 89.1 Å². The number of pyridine rings is 1. The number of carbonyl (C=O) groups is 4. The van der Waals surface area contributed by atoms with E-state index in [1.54, 1.807) is 48.8 Å². The van der Waals surface area contributed by atoms with Gasteiger partial charge in [-0.25, -0.2) is 22.8 Å². The lowest BCUT2D eigenvalue weighted by Gasteiger charge is -2.39. The molecule has 0 bridgehead atoms. The van der Waals surface area contributed by atoms with E-state index in [0.717, 1.165) is 62.1 Å². The SMILES string of the molecule is CC1(C)CCC(CN2CCN(c3ccc(C(=O)NS(=O)(=O)c4ccc(NCc5cn(CCOCC#Cc6cccc7c6CN(C6CCC(=O)NC6=O)C7=O)nn5)c([N+](=O)[O-])c4)c(Oc4cnc5[nH]ccc5c4)c3)CC2)=C(c2ccc(Cl)cc2)C1. The number of nitro benzene ring substituents is 1. The van der Waals surface area contributed by atoms with Crippen LogP contribution in [-0.4, -0.2) is 124 Å². The van der Waals surface area contributed by atoms with Crippen LogP contribution in [0.5, 0.6) is 11.5 Å². The molecule has 432 valence electrons. The highest BCUT2D eigenvalue weighted by atomic mass is 35.5. The van der Waals surface area contributed by atoms with Gasteiger partial charge in [0.1, 0.15) is 41.2 Å². The van der Waals surface area contributed by atoms with Gasteiger partial charge in [0.25, 0.3) is 27.5 Å². The molecule has 4 aliphatic rings. The number of nitrogens with one attached hydrogen (secondary N) is 4. The Labute approximate surface area is 488 Å². The first-order valence-corrected chi connectivity index (χ1v) is 29.3. The summed E-state index contributed by atoms with van der Waals surface area (Å²) in [6, 6.07) is 24.4. The molecular formula is C60H59ClN12O10S. The van der Waals surface area contributed by atoms with E-state index in [9.17, 15) is 37.7 Å². The van der Waals surface area contributed by atoms with E-state index in [-0.39, 0.29) is 73.4 Å².